The van der Waals surface area contributed by atoms with Crippen LogP contribution in [-0.4, -0.2) is 42.2 Å². The van der Waals surface area contributed by atoms with Gasteiger partial charge in [-0.1, -0.05) is 43.6 Å². The number of halogens is 1. The van der Waals surface area contributed by atoms with Crippen LogP contribution >= 0.6 is 23.4 Å². The Morgan fingerprint density at radius 2 is 1.77 bits per heavy atom. The Hall–Kier alpha value is -1.65. The van der Waals surface area contributed by atoms with Crippen LogP contribution in [0.25, 0.3) is 0 Å². The van der Waals surface area contributed by atoms with E-state index >= 15 is 0 Å². The lowest BCUT2D eigenvalue weighted by atomic mass is 10.1. The van der Waals surface area contributed by atoms with Crippen LogP contribution in [0.5, 0.6) is 0 Å². The first-order valence-electron chi connectivity index (χ1n) is 9.02. The van der Waals surface area contributed by atoms with Crippen LogP contribution in [0.3, 0.4) is 0 Å². The predicted molar refractivity (Wildman–Crippen MR) is 112 cm³/mol. The van der Waals surface area contributed by atoms with Crippen molar-refractivity contribution < 1.29 is 4.79 Å². The van der Waals surface area contributed by atoms with Crippen LogP contribution in [0, 0.1) is 6.92 Å². The molecule has 0 bridgehead atoms. The van der Waals surface area contributed by atoms with E-state index in [1.54, 1.807) is 11.8 Å². The highest BCUT2D eigenvalue weighted by molar-refractivity contribution is 8.00. The molecule has 0 atom stereocenters. The molecule has 0 aliphatic carbocycles. The van der Waals surface area contributed by atoms with Gasteiger partial charge in [0, 0.05) is 47.0 Å². The molecule has 1 heterocycles. The maximum Gasteiger partial charge on any atom is 0.255 e. The van der Waals surface area contributed by atoms with Crippen molar-refractivity contribution in [3.8, 4) is 0 Å². The Kier molecular flexibility index (Phi) is 6.15. The van der Waals surface area contributed by atoms with Crippen LogP contribution in [0.4, 0.5) is 5.69 Å². The fraction of sp³-hybridized carbons (Fsp3) is 0.381. The minimum atomic E-state index is 0.135. The van der Waals surface area contributed by atoms with Gasteiger partial charge < -0.3 is 9.80 Å². The molecule has 0 aromatic heterocycles. The van der Waals surface area contributed by atoms with Gasteiger partial charge in [0.25, 0.3) is 5.91 Å². The summed E-state index contributed by atoms with van der Waals surface area (Å²) >= 11 is 7.91. The first-order valence-corrected chi connectivity index (χ1v) is 10.3. The first kappa shape index (κ1) is 19.1. The highest BCUT2D eigenvalue weighted by Gasteiger charge is 2.24. The maximum atomic E-state index is 13.0. The van der Waals surface area contributed by atoms with Gasteiger partial charge in [0.1, 0.15) is 0 Å². The molecule has 0 unspecified atom stereocenters. The van der Waals surface area contributed by atoms with Gasteiger partial charge in [-0.15, -0.1) is 11.8 Å². The summed E-state index contributed by atoms with van der Waals surface area (Å²) in [6.45, 7) is 9.51. The molecule has 3 nitrogen and oxygen atoms in total. The lowest BCUT2D eigenvalue weighted by Crippen LogP contribution is -2.49. The molecular weight excluding hydrogens is 364 g/mol. The van der Waals surface area contributed by atoms with Crippen molar-refractivity contribution in [2.75, 3.05) is 31.1 Å². The summed E-state index contributed by atoms with van der Waals surface area (Å²) in [5, 5.41) is 1.20. The van der Waals surface area contributed by atoms with Gasteiger partial charge in [-0.25, -0.2) is 0 Å². The molecule has 0 spiro atoms. The molecule has 26 heavy (non-hydrogen) atoms. The molecule has 1 saturated heterocycles. The molecule has 138 valence electrons. The molecule has 2 aromatic carbocycles. The van der Waals surface area contributed by atoms with E-state index in [9.17, 15) is 4.79 Å². The van der Waals surface area contributed by atoms with E-state index in [0.29, 0.717) is 5.25 Å². The molecule has 2 aromatic rings. The zero-order valence-electron chi connectivity index (χ0n) is 15.5. The average molecular weight is 389 g/mol. The summed E-state index contributed by atoms with van der Waals surface area (Å²) in [6.07, 6.45) is 0. The second-order valence-corrected chi connectivity index (χ2v) is 8.93. The summed E-state index contributed by atoms with van der Waals surface area (Å²) in [7, 11) is 0. The monoisotopic (exact) mass is 388 g/mol. The predicted octanol–water partition coefficient (Wildman–Crippen LogP) is 5.11. The summed E-state index contributed by atoms with van der Waals surface area (Å²) in [6, 6.07) is 13.9. The third kappa shape index (κ3) is 4.36. The number of carbonyl (C=O) groups excluding carboxylic acids is 1. The van der Waals surface area contributed by atoms with Gasteiger partial charge in [-0.3, -0.25) is 4.79 Å². The second-order valence-electron chi connectivity index (χ2n) is 6.87. The number of nitrogens with zero attached hydrogens (tertiary/aromatic N) is 2. The zero-order valence-corrected chi connectivity index (χ0v) is 17.1. The number of aryl methyl sites for hydroxylation is 1. The maximum absolute atomic E-state index is 13.0. The molecule has 0 radical (unpaired) electrons. The fourth-order valence-electron chi connectivity index (χ4n) is 3.24. The second kappa shape index (κ2) is 8.36. The van der Waals surface area contributed by atoms with Gasteiger partial charge in [-0.2, -0.15) is 0 Å². The van der Waals surface area contributed by atoms with Crippen molar-refractivity contribution in [2.24, 2.45) is 0 Å². The minimum absolute atomic E-state index is 0.135. The van der Waals surface area contributed by atoms with Crippen LogP contribution < -0.4 is 4.90 Å². The molecule has 0 saturated carbocycles. The van der Waals surface area contributed by atoms with Gasteiger partial charge >= 0.3 is 0 Å². The number of rotatable bonds is 4. The van der Waals surface area contributed by atoms with E-state index in [1.165, 1.54) is 11.3 Å². The Morgan fingerprint density at radius 1 is 1.08 bits per heavy atom. The molecule has 5 heteroatoms. The number of amides is 1. The Balaban J connectivity index is 1.70. The third-order valence-corrected chi connectivity index (χ3v) is 5.88. The smallest absolute Gasteiger partial charge is 0.255 e. The standard InChI is InChI=1S/C21H25ClN2OS/c1-15(2)26-20-7-5-4-6-18(20)21(25)24-12-10-23(11-13-24)19-14-17(22)9-8-16(19)3/h4-9,14-15H,10-13H2,1-3H3. The highest BCUT2D eigenvalue weighted by Crippen LogP contribution is 2.29. The van der Waals surface area contributed by atoms with Gasteiger partial charge in [0.2, 0.25) is 0 Å². The van der Waals surface area contributed by atoms with E-state index in [-0.39, 0.29) is 5.91 Å². The van der Waals surface area contributed by atoms with Crippen LogP contribution in [0.2, 0.25) is 5.02 Å². The number of thioether (sulfide) groups is 1. The SMILES string of the molecule is Cc1ccc(Cl)cc1N1CCN(C(=O)c2ccccc2SC(C)C)CC1. The van der Waals surface area contributed by atoms with Crippen molar-refractivity contribution in [3.63, 3.8) is 0 Å². The quantitative estimate of drug-likeness (QED) is 0.680. The van der Waals surface area contributed by atoms with Crippen molar-refractivity contribution in [1.29, 1.82) is 0 Å². The number of anilines is 1. The van der Waals surface area contributed by atoms with E-state index < -0.39 is 0 Å². The lowest BCUT2D eigenvalue weighted by molar-refractivity contribution is 0.0743. The number of benzene rings is 2. The molecule has 0 N–H and O–H groups in total. The molecule has 1 aliphatic heterocycles. The van der Waals surface area contributed by atoms with Crippen LogP contribution in [-0.2, 0) is 0 Å². The molecular formula is C21H25ClN2OS. The number of hydrogen-bond donors (Lipinski definition) is 0. The van der Waals surface area contributed by atoms with E-state index in [4.69, 9.17) is 11.6 Å². The number of hydrogen-bond acceptors (Lipinski definition) is 3. The molecule has 1 fully saturated rings. The molecule has 1 amide bonds. The molecule has 1 aliphatic rings. The van der Waals surface area contributed by atoms with E-state index in [0.717, 1.165) is 41.7 Å². The van der Waals surface area contributed by atoms with Crippen molar-refractivity contribution >= 4 is 35.0 Å². The highest BCUT2D eigenvalue weighted by atomic mass is 35.5. The Morgan fingerprint density at radius 3 is 2.46 bits per heavy atom. The zero-order chi connectivity index (χ0) is 18.7. The van der Waals surface area contributed by atoms with Gasteiger partial charge in [0.15, 0.2) is 0 Å². The Labute approximate surface area is 165 Å². The summed E-state index contributed by atoms with van der Waals surface area (Å²) in [5.41, 5.74) is 3.20. The third-order valence-electron chi connectivity index (χ3n) is 4.56. The number of carbonyl (C=O) groups is 1. The van der Waals surface area contributed by atoms with Crippen molar-refractivity contribution in [2.45, 2.75) is 30.9 Å². The topological polar surface area (TPSA) is 23.6 Å². The van der Waals surface area contributed by atoms with Gasteiger partial charge in [0.05, 0.1) is 5.56 Å². The van der Waals surface area contributed by atoms with E-state index in [1.807, 2.05) is 41.3 Å². The lowest BCUT2D eigenvalue weighted by Gasteiger charge is -2.37. The molecule has 3 rings (SSSR count). The Bertz CT molecular complexity index is 785. The van der Waals surface area contributed by atoms with Crippen molar-refractivity contribution in [1.82, 2.24) is 4.90 Å². The first-order chi connectivity index (χ1) is 12.5. The number of piperazine rings is 1. The van der Waals surface area contributed by atoms with Crippen LogP contribution in [0.15, 0.2) is 47.4 Å². The van der Waals surface area contributed by atoms with E-state index in [2.05, 4.69) is 31.7 Å². The minimum Gasteiger partial charge on any atom is -0.368 e. The van der Waals surface area contributed by atoms with Gasteiger partial charge in [-0.05, 0) is 36.8 Å². The largest absolute Gasteiger partial charge is 0.368 e. The summed E-state index contributed by atoms with van der Waals surface area (Å²) < 4.78 is 0. The summed E-state index contributed by atoms with van der Waals surface area (Å²) in [5.74, 6) is 0.135. The summed E-state index contributed by atoms with van der Waals surface area (Å²) in [4.78, 5) is 18.4. The average Bonchev–Trinajstić information content (AvgIpc) is 2.63. The fourth-order valence-corrected chi connectivity index (χ4v) is 4.36. The van der Waals surface area contributed by atoms with Crippen molar-refractivity contribution in [3.05, 3.63) is 58.6 Å². The van der Waals surface area contributed by atoms with Crippen LogP contribution in [0.1, 0.15) is 29.8 Å². The normalized spacial score (nSPS) is 14.8.